The fraction of sp³-hybridized carbons (Fsp3) is 0.0833. The van der Waals surface area contributed by atoms with Crippen molar-refractivity contribution < 1.29 is 18.3 Å². The Morgan fingerprint density at radius 3 is 2.50 bits per heavy atom. The lowest BCUT2D eigenvalue weighted by molar-refractivity contribution is -0.141. The molecule has 0 radical (unpaired) electrons. The molecule has 0 fully saturated rings. The van der Waals surface area contributed by atoms with Crippen molar-refractivity contribution in [3.63, 3.8) is 0 Å². The minimum atomic E-state index is -4.53. The Morgan fingerprint density at radius 1 is 1.15 bits per heavy atom. The molecule has 1 aromatic heterocycles. The largest absolute Gasteiger partial charge is 0.508 e. The van der Waals surface area contributed by atoms with Gasteiger partial charge in [0.05, 0.1) is 6.21 Å². The Balaban J connectivity index is 2.05. The molecule has 0 amide bonds. The summed E-state index contributed by atoms with van der Waals surface area (Å²) in [6, 6.07) is 6.88. The number of nitrogens with zero attached hydrogens (tertiary/aromatic N) is 3. The van der Waals surface area contributed by atoms with E-state index in [1.807, 2.05) is 0 Å². The third-order valence-corrected chi connectivity index (χ3v) is 2.22. The second-order valence-corrected chi connectivity index (χ2v) is 3.72. The van der Waals surface area contributed by atoms with Gasteiger partial charge in [0, 0.05) is 6.20 Å². The number of rotatable bonds is 3. The summed E-state index contributed by atoms with van der Waals surface area (Å²) in [7, 11) is 0. The molecule has 20 heavy (non-hydrogen) atoms. The van der Waals surface area contributed by atoms with Crippen LogP contribution >= 0.6 is 0 Å². The number of phenols is 1. The lowest BCUT2D eigenvalue weighted by Crippen LogP contribution is -2.09. The first kappa shape index (κ1) is 13.8. The first-order valence-electron chi connectivity index (χ1n) is 5.43. The van der Waals surface area contributed by atoms with Crippen LogP contribution in [0.3, 0.4) is 0 Å². The maximum Gasteiger partial charge on any atom is 0.433 e. The SMILES string of the molecule is Oc1ccc(/C=N/Nc2nccc(C(F)(F)F)n2)cc1. The zero-order valence-electron chi connectivity index (χ0n) is 9.96. The first-order valence-corrected chi connectivity index (χ1v) is 5.43. The van der Waals surface area contributed by atoms with Crippen LogP contribution in [0.5, 0.6) is 5.75 Å². The van der Waals surface area contributed by atoms with Crippen molar-refractivity contribution in [1.29, 1.82) is 0 Å². The number of anilines is 1. The second kappa shape index (κ2) is 5.55. The maximum atomic E-state index is 12.4. The van der Waals surface area contributed by atoms with Gasteiger partial charge >= 0.3 is 6.18 Å². The number of hydrazone groups is 1. The second-order valence-electron chi connectivity index (χ2n) is 3.72. The highest BCUT2D eigenvalue weighted by Crippen LogP contribution is 2.27. The topological polar surface area (TPSA) is 70.4 Å². The normalized spacial score (nSPS) is 11.8. The zero-order valence-corrected chi connectivity index (χ0v) is 9.96. The van der Waals surface area contributed by atoms with Crippen LogP contribution in [0.2, 0.25) is 0 Å². The van der Waals surface area contributed by atoms with E-state index in [1.54, 1.807) is 12.1 Å². The number of hydrogen-bond acceptors (Lipinski definition) is 5. The van der Waals surface area contributed by atoms with Crippen LogP contribution in [0.25, 0.3) is 0 Å². The van der Waals surface area contributed by atoms with Crippen LogP contribution < -0.4 is 5.43 Å². The van der Waals surface area contributed by atoms with Gasteiger partial charge in [-0.1, -0.05) is 0 Å². The van der Waals surface area contributed by atoms with Crippen molar-refractivity contribution in [3.8, 4) is 5.75 Å². The highest BCUT2D eigenvalue weighted by molar-refractivity contribution is 5.80. The number of halogens is 3. The summed E-state index contributed by atoms with van der Waals surface area (Å²) in [5.74, 6) is -0.147. The zero-order chi connectivity index (χ0) is 14.6. The number of hydrogen-bond donors (Lipinski definition) is 2. The summed E-state index contributed by atoms with van der Waals surface area (Å²) < 4.78 is 37.2. The molecule has 0 unspecified atom stereocenters. The van der Waals surface area contributed by atoms with Crippen LogP contribution in [0.1, 0.15) is 11.3 Å². The fourth-order valence-corrected chi connectivity index (χ4v) is 1.30. The number of alkyl halides is 3. The molecule has 0 spiro atoms. The molecule has 0 saturated heterocycles. The Kier molecular flexibility index (Phi) is 3.83. The van der Waals surface area contributed by atoms with Gasteiger partial charge in [0.15, 0.2) is 0 Å². The lowest BCUT2D eigenvalue weighted by Gasteiger charge is -2.05. The van der Waals surface area contributed by atoms with E-state index >= 15 is 0 Å². The Bertz CT molecular complexity index is 611. The van der Waals surface area contributed by atoms with E-state index in [-0.39, 0.29) is 11.7 Å². The molecule has 0 aliphatic rings. The first-order chi connectivity index (χ1) is 9.45. The highest BCUT2D eigenvalue weighted by atomic mass is 19.4. The average molecular weight is 282 g/mol. The molecule has 1 aromatic carbocycles. The van der Waals surface area contributed by atoms with Crippen molar-refractivity contribution in [3.05, 3.63) is 47.8 Å². The summed E-state index contributed by atoms with van der Waals surface area (Å²) in [4.78, 5) is 6.91. The lowest BCUT2D eigenvalue weighted by atomic mass is 10.2. The van der Waals surface area contributed by atoms with Crippen LogP contribution in [0, 0.1) is 0 Å². The van der Waals surface area contributed by atoms with Gasteiger partial charge in [0.1, 0.15) is 11.4 Å². The predicted octanol–water partition coefficient (Wildman–Crippen LogP) is 2.65. The molecular weight excluding hydrogens is 273 g/mol. The number of phenolic OH excluding ortho intramolecular Hbond substituents is 1. The van der Waals surface area contributed by atoms with Gasteiger partial charge in [-0.15, -0.1) is 0 Å². The van der Waals surface area contributed by atoms with Crippen LogP contribution in [-0.4, -0.2) is 21.3 Å². The third kappa shape index (κ3) is 3.67. The van der Waals surface area contributed by atoms with E-state index < -0.39 is 11.9 Å². The standard InChI is InChI=1S/C12H9F3N4O/c13-12(14,15)10-5-6-16-11(18-10)19-17-7-8-1-3-9(20)4-2-8/h1-7,20H,(H,16,18,19)/b17-7+. The molecular formula is C12H9F3N4O. The molecule has 0 aliphatic heterocycles. The molecule has 104 valence electrons. The van der Waals surface area contributed by atoms with Crippen molar-refractivity contribution in [2.45, 2.75) is 6.18 Å². The predicted molar refractivity (Wildman–Crippen MR) is 66.4 cm³/mol. The third-order valence-electron chi connectivity index (χ3n) is 2.22. The van der Waals surface area contributed by atoms with Gasteiger partial charge in [-0.25, -0.2) is 15.4 Å². The van der Waals surface area contributed by atoms with E-state index in [0.29, 0.717) is 5.56 Å². The molecule has 0 bridgehead atoms. The fourth-order valence-electron chi connectivity index (χ4n) is 1.30. The van der Waals surface area contributed by atoms with Crippen molar-refractivity contribution in [1.82, 2.24) is 9.97 Å². The molecule has 0 aliphatic carbocycles. The van der Waals surface area contributed by atoms with Gasteiger partial charge < -0.3 is 5.11 Å². The Hall–Kier alpha value is -2.64. The molecule has 2 aromatic rings. The minimum absolute atomic E-state index is 0.108. The molecule has 0 atom stereocenters. The summed E-state index contributed by atoms with van der Waals surface area (Å²) in [5, 5.41) is 12.8. The van der Waals surface area contributed by atoms with Crippen LogP contribution in [-0.2, 0) is 6.18 Å². The Morgan fingerprint density at radius 2 is 1.85 bits per heavy atom. The van der Waals surface area contributed by atoms with Crippen LogP contribution in [0.15, 0.2) is 41.6 Å². The van der Waals surface area contributed by atoms with E-state index in [0.717, 1.165) is 12.3 Å². The molecule has 2 N–H and O–H groups in total. The van der Waals surface area contributed by atoms with E-state index in [1.165, 1.54) is 18.3 Å². The van der Waals surface area contributed by atoms with Gasteiger partial charge in [-0.05, 0) is 35.9 Å². The molecule has 5 nitrogen and oxygen atoms in total. The summed E-state index contributed by atoms with van der Waals surface area (Å²) in [5.41, 5.74) is 1.91. The molecule has 0 saturated carbocycles. The highest BCUT2D eigenvalue weighted by Gasteiger charge is 2.32. The maximum absolute atomic E-state index is 12.4. The summed E-state index contributed by atoms with van der Waals surface area (Å²) in [6.45, 7) is 0. The van der Waals surface area contributed by atoms with Crippen molar-refractivity contribution in [2.24, 2.45) is 5.10 Å². The quantitative estimate of drug-likeness (QED) is 0.670. The number of nitrogens with one attached hydrogen (secondary N) is 1. The van der Waals surface area contributed by atoms with Gasteiger partial charge in [-0.3, -0.25) is 0 Å². The van der Waals surface area contributed by atoms with E-state index in [4.69, 9.17) is 5.11 Å². The van der Waals surface area contributed by atoms with Crippen LogP contribution in [0.4, 0.5) is 19.1 Å². The minimum Gasteiger partial charge on any atom is -0.508 e. The van der Waals surface area contributed by atoms with E-state index in [2.05, 4.69) is 20.5 Å². The van der Waals surface area contributed by atoms with Gasteiger partial charge in [0.25, 0.3) is 0 Å². The molecule has 8 heteroatoms. The van der Waals surface area contributed by atoms with Gasteiger partial charge in [-0.2, -0.15) is 18.3 Å². The van der Waals surface area contributed by atoms with Crippen molar-refractivity contribution >= 4 is 12.2 Å². The molecule has 1 heterocycles. The number of aromatic nitrogens is 2. The Labute approximate surface area is 111 Å². The summed E-state index contributed by atoms with van der Waals surface area (Å²) in [6.07, 6.45) is -2.17. The molecule has 2 rings (SSSR count). The number of aromatic hydroxyl groups is 1. The van der Waals surface area contributed by atoms with E-state index in [9.17, 15) is 13.2 Å². The average Bonchev–Trinajstić information content (AvgIpc) is 2.40. The summed E-state index contributed by atoms with van der Waals surface area (Å²) >= 11 is 0. The van der Waals surface area contributed by atoms with Crippen molar-refractivity contribution in [2.75, 3.05) is 5.43 Å². The van der Waals surface area contributed by atoms with Gasteiger partial charge in [0.2, 0.25) is 5.95 Å². The monoisotopic (exact) mass is 282 g/mol. The number of benzene rings is 1. The smallest absolute Gasteiger partial charge is 0.433 e.